The van der Waals surface area contributed by atoms with Crippen molar-refractivity contribution in [1.82, 2.24) is 0 Å². The fourth-order valence-electron chi connectivity index (χ4n) is 4.51. The Bertz CT molecular complexity index is 712. The van der Waals surface area contributed by atoms with E-state index in [1.165, 1.54) is 19.1 Å². The lowest BCUT2D eigenvalue weighted by Gasteiger charge is -2.40. The van der Waals surface area contributed by atoms with Crippen LogP contribution in [0, 0.1) is 5.41 Å². The molecule has 1 spiro atoms. The number of nitrogens with zero attached hydrogens (tertiary/aromatic N) is 1. The summed E-state index contributed by atoms with van der Waals surface area (Å²) >= 11 is 0. The van der Waals surface area contributed by atoms with Crippen LogP contribution >= 0.6 is 0 Å². The van der Waals surface area contributed by atoms with E-state index < -0.39 is 23.3 Å². The van der Waals surface area contributed by atoms with Gasteiger partial charge < -0.3 is 19.5 Å². The number of methoxy groups -OCH3 is 1. The summed E-state index contributed by atoms with van der Waals surface area (Å²) in [4.78, 5) is 14.8. The maximum atomic E-state index is 13.2. The van der Waals surface area contributed by atoms with Crippen molar-refractivity contribution in [3.05, 3.63) is 29.8 Å². The van der Waals surface area contributed by atoms with E-state index in [1.807, 2.05) is 0 Å². The van der Waals surface area contributed by atoms with Crippen molar-refractivity contribution in [2.75, 3.05) is 31.8 Å². The molecule has 1 aromatic rings. The first-order chi connectivity index (χ1) is 13.6. The first-order valence-corrected chi connectivity index (χ1v) is 9.96. The number of hydrogen-bond acceptors (Lipinski definition) is 4. The van der Waals surface area contributed by atoms with Crippen molar-refractivity contribution < 1.29 is 32.5 Å². The van der Waals surface area contributed by atoms with Crippen LogP contribution in [0.2, 0.25) is 0 Å². The second kappa shape index (κ2) is 8.24. The summed E-state index contributed by atoms with van der Waals surface area (Å²) in [6.07, 6.45) is -3.62. The standard InChI is InChI=1S/C21H28F3NO4/c1-3-29-17(21(22,23)24)15-4-6-16(7-5-15)25-13-12-19(18(25)26)8-10-20(27,11-9-19)14-28-2/h4-7,17,27H,3,8-14H2,1-2H3. The normalized spacial score (nSPS) is 28.9. The van der Waals surface area contributed by atoms with E-state index in [0.717, 1.165) is 0 Å². The van der Waals surface area contributed by atoms with E-state index in [0.29, 0.717) is 44.3 Å². The molecule has 162 valence electrons. The molecule has 1 atom stereocenters. The summed E-state index contributed by atoms with van der Waals surface area (Å²) in [5.41, 5.74) is -0.780. The Balaban J connectivity index is 1.72. The molecule has 2 aliphatic rings. The second-order valence-corrected chi connectivity index (χ2v) is 8.11. The molecular formula is C21H28F3NO4. The van der Waals surface area contributed by atoms with Gasteiger partial charge in [0, 0.05) is 25.9 Å². The molecule has 8 heteroatoms. The van der Waals surface area contributed by atoms with Crippen LogP contribution in [0.4, 0.5) is 18.9 Å². The van der Waals surface area contributed by atoms with Crippen LogP contribution in [0.3, 0.4) is 0 Å². The van der Waals surface area contributed by atoms with Crippen molar-refractivity contribution in [2.24, 2.45) is 5.41 Å². The highest BCUT2D eigenvalue weighted by Crippen LogP contribution is 2.48. The smallest absolute Gasteiger partial charge is 0.387 e. The number of carbonyl (C=O) groups is 1. The van der Waals surface area contributed by atoms with Crippen LogP contribution in [-0.2, 0) is 14.3 Å². The molecular weight excluding hydrogens is 387 g/mol. The van der Waals surface area contributed by atoms with Crippen LogP contribution in [0.25, 0.3) is 0 Å². The van der Waals surface area contributed by atoms with E-state index in [1.54, 1.807) is 24.1 Å². The van der Waals surface area contributed by atoms with Crippen LogP contribution in [0.15, 0.2) is 24.3 Å². The fourth-order valence-corrected chi connectivity index (χ4v) is 4.51. The molecule has 1 aliphatic carbocycles. The summed E-state index contributed by atoms with van der Waals surface area (Å²) in [5.74, 6) is -0.0121. The molecule has 3 rings (SSSR count). The molecule has 1 saturated carbocycles. The lowest BCUT2D eigenvalue weighted by molar-refractivity contribution is -0.222. The lowest BCUT2D eigenvalue weighted by Crippen LogP contribution is -2.45. The maximum absolute atomic E-state index is 13.2. The maximum Gasteiger partial charge on any atom is 0.418 e. The van der Waals surface area contributed by atoms with Crippen LogP contribution in [0.1, 0.15) is 50.7 Å². The molecule has 1 saturated heterocycles. The van der Waals surface area contributed by atoms with Gasteiger partial charge in [-0.25, -0.2) is 0 Å². The van der Waals surface area contributed by atoms with Crippen LogP contribution < -0.4 is 4.90 Å². The topological polar surface area (TPSA) is 59.0 Å². The first-order valence-electron chi connectivity index (χ1n) is 9.96. The second-order valence-electron chi connectivity index (χ2n) is 8.11. The van der Waals surface area contributed by atoms with Gasteiger partial charge in [-0.15, -0.1) is 0 Å². The van der Waals surface area contributed by atoms with Gasteiger partial charge in [0.15, 0.2) is 6.10 Å². The summed E-state index contributed by atoms with van der Waals surface area (Å²) in [6.45, 7) is 2.25. The van der Waals surface area contributed by atoms with Gasteiger partial charge >= 0.3 is 6.18 Å². The minimum absolute atomic E-state index is 0.0121. The third-order valence-electron chi connectivity index (χ3n) is 6.20. The third-order valence-corrected chi connectivity index (χ3v) is 6.20. The number of amides is 1. The van der Waals surface area contributed by atoms with Crippen LogP contribution in [-0.4, -0.2) is 49.7 Å². The summed E-state index contributed by atoms with van der Waals surface area (Å²) < 4.78 is 49.5. The van der Waals surface area contributed by atoms with Crippen LogP contribution in [0.5, 0.6) is 0 Å². The first kappa shape index (κ1) is 22.1. The zero-order chi connectivity index (χ0) is 21.3. The molecule has 2 fully saturated rings. The lowest BCUT2D eigenvalue weighted by atomic mass is 9.68. The number of halogens is 3. The number of aliphatic hydroxyl groups is 1. The molecule has 1 aromatic carbocycles. The van der Waals surface area contributed by atoms with E-state index in [-0.39, 0.29) is 24.7 Å². The fraction of sp³-hybridized carbons (Fsp3) is 0.667. The van der Waals surface area contributed by atoms with Gasteiger partial charge in [-0.3, -0.25) is 4.79 Å². The van der Waals surface area contributed by atoms with E-state index in [9.17, 15) is 23.1 Å². The zero-order valence-electron chi connectivity index (χ0n) is 16.8. The number of anilines is 1. The number of alkyl halides is 3. The highest BCUT2D eigenvalue weighted by molar-refractivity contribution is 6.00. The van der Waals surface area contributed by atoms with Gasteiger partial charge in [-0.1, -0.05) is 12.1 Å². The average molecular weight is 415 g/mol. The monoisotopic (exact) mass is 415 g/mol. The molecule has 0 radical (unpaired) electrons. The van der Waals surface area contributed by atoms with Crippen molar-refractivity contribution in [3.8, 4) is 0 Å². The van der Waals surface area contributed by atoms with E-state index >= 15 is 0 Å². The molecule has 0 aromatic heterocycles. The molecule has 1 aliphatic heterocycles. The molecule has 5 nitrogen and oxygen atoms in total. The largest absolute Gasteiger partial charge is 0.418 e. The van der Waals surface area contributed by atoms with Gasteiger partial charge in [0.1, 0.15) is 0 Å². The van der Waals surface area contributed by atoms with Crippen molar-refractivity contribution in [2.45, 2.75) is 56.9 Å². The van der Waals surface area contributed by atoms with Gasteiger partial charge in [0.25, 0.3) is 0 Å². The van der Waals surface area contributed by atoms with Gasteiger partial charge in [0.2, 0.25) is 5.91 Å². The van der Waals surface area contributed by atoms with Gasteiger partial charge in [0.05, 0.1) is 17.6 Å². The number of ether oxygens (including phenoxy) is 2. The molecule has 1 N–H and O–H groups in total. The minimum Gasteiger partial charge on any atom is -0.387 e. The molecule has 1 amide bonds. The Labute approximate surface area is 168 Å². The predicted molar refractivity (Wildman–Crippen MR) is 102 cm³/mol. The quantitative estimate of drug-likeness (QED) is 0.763. The van der Waals surface area contributed by atoms with Gasteiger partial charge in [-0.2, -0.15) is 13.2 Å². The summed E-state index contributed by atoms with van der Waals surface area (Å²) in [7, 11) is 1.54. The predicted octanol–water partition coefficient (Wildman–Crippen LogP) is 4.00. The summed E-state index contributed by atoms with van der Waals surface area (Å²) in [5, 5.41) is 10.5. The average Bonchev–Trinajstić information content (AvgIpc) is 2.99. The zero-order valence-corrected chi connectivity index (χ0v) is 16.8. The Morgan fingerprint density at radius 2 is 1.76 bits per heavy atom. The Hall–Kier alpha value is -1.64. The Morgan fingerprint density at radius 3 is 2.28 bits per heavy atom. The van der Waals surface area contributed by atoms with Crippen molar-refractivity contribution >= 4 is 11.6 Å². The highest BCUT2D eigenvalue weighted by atomic mass is 19.4. The van der Waals surface area contributed by atoms with E-state index in [2.05, 4.69) is 0 Å². The number of hydrogen-bond donors (Lipinski definition) is 1. The number of carbonyl (C=O) groups excluding carboxylic acids is 1. The number of rotatable bonds is 6. The summed E-state index contributed by atoms with van der Waals surface area (Å²) in [6, 6.07) is 5.85. The molecule has 1 unspecified atom stereocenters. The van der Waals surface area contributed by atoms with Crippen molar-refractivity contribution in [3.63, 3.8) is 0 Å². The highest BCUT2D eigenvalue weighted by Gasteiger charge is 2.51. The van der Waals surface area contributed by atoms with Crippen molar-refractivity contribution in [1.29, 1.82) is 0 Å². The SMILES string of the molecule is CCOC(c1ccc(N2CCC3(CCC(O)(COC)CC3)C2=O)cc1)C(F)(F)F. The molecule has 1 heterocycles. The third kappa shape index (κ3) is 4.44. The number of benzene rings is 1. The Morgan fingerprint density at radius 1 is 1.14 bits per heavy atom. The molecule has 0 bridgehead atoms. The molecule has 29 heavy (non-hydrogen) atoms. The van der Waals surface area contributed by atoms with E-state index in [4.69, 9.17) is 9.47 Å². The minimum atomic E-state index is -4.49. The Kier molecular flexibility index (Phi) is 6.27. The van der Waals surface area contributed by atoms with Gasteiger partial charge in [-0.05, 0) is 56.7 Å².